The summed E-state index contributed by atoms with van der Waals surface area (Å²) in [5.74, 6) is 0.818. The predicted octanol–water partition coefficient (Wildman–Crippen LogP) is 3.78. The van der Waals surface area contributed by atoms with E-state index in [0.29, 0.717) is 19.8 Å². The zero-order chi connectivity index (χ0) is 22.3. The lowest BCUT2D eigenvalue weighted by molar-refractivity contribution is -0.215. The molecule has 0 bridgehead atoms. The normalized spacial score (nSPS) is 28.4. The average molecular weight is 440 g/mol. The van der Waals surface area contributed by atoms with Gasteiger partial charge in [-0.05, 0) is 34.9 Å². The number of allylic oxidation sites excluding steroid dienone is 5. The van der Waals surface area contributed by atoms with Crippen LogP contribution in [0, 0.1) is 5.41 Å². The molecule has 33 heavy (non-hydrogen) atoms. The van der Waals surface area contributed by atoms with E-state index in [2.05, 4.69) is 41.4 Å². The molecule has 0 aliphatic carbocycles. The molecule has 6 rings (SSSR count). The van der Waals surface area contributed by atoms with E-state index in [1.165, 1.54) is 5.56 Å². The number of aliphatic imine (C=N–C) groups is 2. The van der Waals surface area contributed by atoms with Crippen LogP contribution < -0.4 is 10.5 Å². The minimum atomic E-state index is -0.659. The molecule has 4 heterocycles. The molecule has 0 aromatic heterocycles. The summed E-state index contributed by atoms with van der Waals surface area (Å²) in [6.45, 7) is 1.47. The van der Waals surface area contributed by atoms with Gasteiger partial charge in [-0.1, -0.05) is 54.6 Å². The van der Waals surface area contributed by atoms with Gasteiger partial charge in [0.25, 0.3) is 6.02 Å². The van der Waals surface area contributed by atoms with Crippen LogP contribution in [0.2, 0.25) is 0 Å². The highest BCUT2D eigenvalue weighted by Gasteiger charge is 2.67. The zero-order valence-electron chi connectivity index (χ0n) is 18.2. The Morgan fingerprint density at radius 2 is 1.88 bits per heavy atom. The first-order valence-corrected chi connectivity index (χ1v) is 11.2. The number of amidine groups is 1. The van der Waals surface area contributed by atoms with Crippen molar-refractivity contribution in [3.8, 4) is 5.75 Å². The molecule has 4 aliphatic rings. The molecule has 6 heteroatoms. The average Bonchev–Trinajstić information content (AvgIpc) is 3.15. The van der Waals surface area contributed by atoms with E-state index >= 15 is 0 Å². The van der Waals surface area contributed by atoms with Crippen LogP contribution in [0.3, 0.4) is 0 Å². The number of benzene rings is 2. The van der Waals surface area contributed by atoms with Gasteiger partial charge >= 0.3 is 0 Å². The number of fused-ring (bicyclic) bond motifs is 3. The van der Waals surface area contributed by atoms with Crippen molar-refractivity contribution >= 4 is 17.8 Å². The van der Waals surface area contributed by atoms with Crippen LogP contribution in [0.15, 0.2) is 89.0 Å². The fraction of sp³-hybridized carbons (Fsp3) is 0.259. The summed E-state index contributed by atoms with van der Waals surface area (Å²) in [7, 11) is 0. The zero-order valence-corrected chi connectivity index (χ0v) is 18.2. The molecule has 2 aromatic rings. The summed E-state index contributed by atoms with van der Waals surface area (Å²) >= 11 is 0. The Bertz CT molecular complexity index is 1220. The van der Waals surface area contributed by atoms with Gasteiger partial charge < -0.3 is 19.9 Å². The molecule has 0 amide bonds. The lowest BCUT2D eigenvalue weighted by atomic mass is 9.59. The molecule has 0 radical (unpaired) electrons. The van der Waals surface area contributed by atoms with E-state index in [4.69, 9.17) is 24.9 Å². The summed E-state index contributed by atoms with van der Waals surface area (Å²) in [4.78, 5) is 9.31. The van der Waals surface area contributed by atoms with Crippen LogP contribution in [0.4, 0.5) is 0 Å². The van der Waals surface area contributed by atoms with Crippen LogP contribution in [-0.2, 0) is 21.4 Å². The maximum atomic E-state index is 6.68. The van der Waals surface area contributed by atoms with Crippen molar-refractivity contribution in [3.05, 3.63) is 95.7 Å². The van der Waals surface area contributed by atoms with E-state index in [1.807, 2.05) is 42.7 Å². The second kappa shape index (κ2) is 7.74. The van der Waals surface area contributed by atoms with Crippen molar-refractivity contribution in [2.75, 3.05) is 19.8 Å². The monoisotopic (exact) mass is 439 g/mol. The van der Waals surface area contributed by atoms with Gasteiger partial charge in [0.1, 0.15) is 24.0 Å². The largest absolute Gasteiger partial charge is 0.489 e. The molecule has 0 saturated carbocycles. The van der Waals surface area contributed by atoms with Crippen molar-refractivity contribution in [3.63, 3.8) is 0 Å². The summed E-state index contributed by atoms with van der Waals surface area (Å²) in [5.41, 5.74) is 9.35. The van der Waals surface area contributed by atoms with Gasteiger partial charge in [-0.25, -0.2) is 4.99 Å². The van der Waals surface area contributed by atoms with Crippen LogP contribution in [-0.4, -0.2) is 38.2 Å². The van der Waals surface area contributed by atoms with Crippen molar-refractivity contribution < 1.29 is 14.2 Å². The molecular weight excluding hydrogens is 414 g/mol. The summed E-state index contributed by atoms with van der Waals surface area (Å²) in [6, 6.07) is 16.9. The van der Waals surface area contributed by atoms with Crippen molar-refractivity contribution in [1.82, 2.24) is 0 Å². The molecule has 166 valence electrons. The van der Waals surface area contributed by atoms with Gasteiger partial charge in [0.15, 0.2) is 0 Å². The van der Waals surface area contributed by atoms with Gasteiger partial charge in [0.05, 0.1) is 18.6 Å². The first-order valence-electron chi connectivity index (χ1n) is 11.2. The predicted molar refractivity (Wildman–Crippen MR) is 128 cm³/mol. The van der Waals surface area contributed by atoms with E-state index in [0.717, 1.165) is 28.9 Å². The third-order valence-electron chi connectivity index (χ3n) is 7.06. The quantitative estimate of drug-likeness (QED) is 0.789. The minimum Gasteiger partial charge on any atom is -0.489 e. The highest BCUT2D eigenvalue weighted by Crippen LogP contribution is 2.59. The number of nitrogens with two attached hydrogens (primary N) is 1. The number of nitrogens with zero attached hydrogens (tertiary/aromatic N) is 2. The summed E-state index contributed by atoms with van der Waals surface area (Å²) in [5, 5.41) is 0. The van der Waals surface area contributed by atoms with Crippen molar-refractivity contribution in [1.29, 1.82) is 0 Å². The van der Waals surface area contributed by atoms with Gasteiger partial charge in [0.2, 0.25) is 0 Å². The molecule has 2 spiro atoms. The lowest BCUT2D eigenvalue weighted by Crippen LogP contribution is -2.68. The second-order valence-corrected chi connectivity index (χ2v) is 8.88. The fourth-order valence-corrected chi connectivity index (χ4v) is 5.23. The Hall–Kier alpha value is -3.64. The Balaban J connectivity index is 1.48. The Morgan fingerprint density at radius 1 is 1.00 bits per heavy atom. The van der Waals surface area contributed by atoms with Gasteiger partial charge in [-0.2, -0.15) is 0 Å². The van der Waals surface area contributed by atoms with E-state index in [1.54, 1.807) is 6.20 Å². The fourth-order valence-electron chi connectivity index (χ4n) is 5.23. The topological polar surface area (TPSA) is 78.4 Å². The summed E-state index contributed by atoms with van der Waals surface area (Å²) in [6.07, 6.45) is 12.2. The second-order valence-electron chi connectivity index (χ2n) is 8.88. The molecule has 2 N–H and O–H groups in total. The first kappa shape index (κ1) is 20.0. The standard InChI is InChI=1S/C27H25N3O3/c28-25-30-27(18-32-25)22-14-20(21-9-5-2-6-12-29-15-21)10-11-23(22)33-24(26(27)16-31-17-26)13-19-7-3-1-4-8-19/h1-12,14-15,24H,13,16-18H2,(H2,28,30)/b5-2+,6-2?,9-5?,12-6+,21-9?,21-15?,29-12?,29-15?. The first-order chi connectivity index (χ1) is 16.2. The molecule has 2 unspecified atom stereocenters. The Kier molecular flexibility index (Phi) is 4.69. The molecule has 2 aromatic carbocycles. The van der Waals surface area contributed by atoms with Gasteiger partial charge in [-0.3, -0.25) is 4.99 Å². The third kappa shape index (κ3) is 3.13. The minimum absolute atomic E-state index is 0.111. The van der Waals surface area contributed by atoms with E-state index < -0.39 is 5.54 Å². The van der Waals surface area contributed by atoms with Crippen LogP contribution >= 0.6 is 0 Å². The van der Waals surface area contributed by atoms with Crippen molar-refractivity contribution in [2.24, 2.45) is 21.1 Å². The maximum Gasteiger partial charge on any atom is 0.283 e. The molecule has 1 fully saturated rings. The lowest BCUT2D eigenvalue weighted by Gasteiger charge is -2.57. The van der Waals surface area contributed by atoms with Gasteiger partial charge in [0, 0.05) is 24.4 Å². The number of hydrogen-bond acceptors (Lipinski definition) is 6. The van der Waals surface area contributed by atoms with Gasteiger partial charge in [-0.15, -0.1) is 0 Å². The highest BCUT2D eigenvalue weighted by atomic mass is 16.5. The molecule has 1 saturated heterocycles. The molecular formula is C27H25N3O3. The molecule has 6 nitrogen and oxygen atoms in total. The van der Waals surface area contributed by atoms with E-state index in [-0.39, 0.29) is 17.5 Å². The number of ether oxygens (including phenoxy) is 3. The van der Waals surface area contributed by atoms with Crippen LogP contribution in [0.5, 0.6) is 5.75 Å². The summed E-state index contributed by atoms with van der Waals surface area (Å²) < 4.78 is 18.3. The number of hydrogen-bond donors (Lipinski definition) is 1. The van der Waals surface area contributed by atoms with Crippen LogP contribution in [0.25, 0.3) is 5.57 Å². The smallest absolute Gasteiger partial charge is 0.283 e. The number of rotatable bonds is 3. The molecule has 2 atom stereocenters. The molecule has 4 aliphatic heterocycles. The SMILES string of the molecule is NC1=NC2(CO1)c1cc(C3=C/C=C/C=C/N=C3)ccc1OC(Cc1ccccc1)C21COC1. The van der Waals surface area contributed by atoms with Crippen LogP contribution in [0.1, 0.15) is 16.7 Å². The van der Waals surface area contributed by atoms with Crippen molar-refractivity contribution in [2.45, 2.75) is 18.1 Å². The van der Waals surface area contributed by atoms with E-state index in [9.17, 15) is 0 Å². The Labute approximate surface area is 192 Å². The maximum absolute atomic E-state index is 6.68. The third-order valence-corrected chi connectivity index (χ3v) is 7.06. The Morgan fingerprint density at radius 3 is 2.64 bits per heavy atom. The highest BCUT2D eigenvalue weighted by molar-refractivity contribution is 6.10.